The Morgan fingerprint density at radius 2 is 2.33 bits per heavy atom. The highest BCUT2D eigenvalue weighted by atomic mass is 32.1. The fraction of sp³-hybridized carbons (Fsp3) is 0.562. The zero-order chi connectivity index (χ0) is 14.8. The lowest BCUT2D eigenvalue weighted by atomic mass is 10.1. The van der Waals surface area contributed by atoms with Crippen molar-refractivity contribution >= 4 is 17.2 Å². The van der Waals surface area contributed by atoms with Crippen LogP contribution in [0.4, 0.5) is 0 Å². The number of thiophene rings is 1. The highest BCUT2D eigenvalue weighted by Gasteiger charge is 2.36. The predicted octanol–water partition coefficient (Wildman–Crippen LogP) is 1.40. The van der Waals surface area contributed by atoms with Crippen LogP contribution in [-0.4, -0.2) is 59.1 Å². The normalized spacial score (nSPS) is 25.3. The first kappa shape index (κ1) is 14.6. The highest BCUT2D eigenvalue weighted by Crippen LogP contribution is 2.27. The van der Waals surface area contributed by atoms with Gasteiger partial charge in [0.2, 0.25) is 0 Å². The van der Waals surface area contributed by atoms with Crippen molar-refractivity contribution in [2.24, 2.45) is 0 Å². The van der Waals surface area contributed by atoms with Crippen molar-refractivity contribution in [2.45, 2.75) is 31.8 Å². The molecule has 2 aliphatic heterocycles. The summed E-state index contributed by atoms with van der Waals surface area (Å²) < 4.78 is 0. The van der Waals surface area contributed by atoms with Gasteiger partial charge in [0.05, 0.1) is 9.75 Å². The number of hydrogen-bond acceptors (Lipinski definition) is 4. The monoisotopic (exact) mass is 304 g/mol. The van der Waals surface area contributed by atoms with Crippen LogP contribution >= 0.6 is 11.3 Å². The van der Waals surface area contributed by atoms with Gasteiger partial charge in [-0.1, -0.05) is 11.8 Å². The van der Waals surface area contributed by atoms with Gasteiger partial charge in [-0.25, -0.2) is 0 Å². The zero-order valence-electron chi connectivity index (χ0n) is 12.2. The van der Waals surface area contributed by atoms with Gasteiger partial charge in [0.1, 0.15) is 6.61 Å². The second-order valence-corrected chi connectivity index (χ2v) is 6.81. The Hall–Kier alpha value is -1.35. The summed E-state index contributed by atoms with van der Waals surface area (Å²) in [6.07, 6.45) is 2.45. The predicted molar refractivity (Wildman–Crippen MR) is 83.4 cm³/mol. The molecule has 5 heteroatoms. The number of amides is 1. The number of aliphatic hydroxyl groups is 1. The summed E-state index contributed by atoms with van der Waals surface area (Å²) in [6.45, 7) is 4.99. The smallest absolute Gasteiger partial charge is 0.264 e. The van der Waals surface area contributed by atoms with Crippen LogP contribution < -0.4 is 0 Å². The van der Waals surface area contributed by atoms with E-state index in [9.17, 15) is 4.79 Å². The van der Waals surface area contributed by atoms with E-state index in [0.717, 1.165) is 22.8 Å². The quantitative estimate of drug-likeness (QED) is 0.798. The molecule has 1 amide bonds. The number of hydrogen-bond donors (Lipinski definition) is 1. The molecule has 1 N–H and O–H groups in total. The van der Waals surface area contributed by atoms with Gasteiger partial charge >= 0.3 is 0 Å². The van der Waals surface area contributed by atoms with Crippen LogP contribution in [0.1, 0.15) is 34.3 Å². The van der Waals surface area contributed by atoms with Crippen molar-refractivity contribution in [2.75, 3.05) is 26.2 Å². The van der Waals surface area contributed by atoms with Crippen LogP contribution in [0.5, 0.6) is 0 Å². The Morgan fingerprint density at radius 1 is 1.48 bits per heavy atom. The minimum Gasteiger partial charge on any atom is -0.384 e. The maximum absolute atomic E-state index is 12.7. The fourth-order valence-electron chi connectivity index (χ4n) is 3.26. The summed E-state index contributed by atoms with van der Waals surface area (Å²) in [5.74, 6) is 5.60. The number of nitrogens with zero attached hydrogens (tertiary/aromatic N) is 2. The third-order valence-electron chi connectivity index (χ3n) is 4.31. The van der Waals surface area contributed by atoms with Crippen LogP contribution in [-0.2, 0) is 0 Å². The Labute approximate surface area is 129 Å². The van der Waals surface area contributed by atoms with Gasteiger partial charge in [-0.05, 0) is 38.4 Å². The summed E-state index contributed by atoms with van der Waals surface area (Å²) in [6, 6.07) is 4.51. The minimum absolute atomic E-state index is 0.121. The summed E-state index contributed by atoms with van der Waals surface area (Å²) in [5.41, 5.74) is 0. The molecule has 3 heterocycles. The molecule has 112 valence electrons. The molecule has 2 fully saturated rings. The van der Waals surface area contributed by atoms with Gasteiger partial charge in [0.25, 0.3) is 5.91 Å². The van der Waals surface area contributed by atoms with Crippen molar-refractivity contribution in [1.82, 2.24) is 9.80 Å². The van der Waals surface area contributed by atoms with Crippen LogP contribution in [0, 0.1) is 11.8 Å². The molecule has 1 aromatic rings. The van der Waals surface area contributed by atoms with Crippen LogP contribution in [0.2, 0.25) is 0 Å². The molecular weight excluding hydrogens is 284 g/mol. The Bertz CT molecular complexity index is 587. The standard InChI is InChI=1S/C16H20N2O2S/c1-12-10-17-8-2-4-13(17)11-18(12)16(20)15-7-6-14(21-15)5-3-9-19/h6-7,12-13,19H,2,4,8-11H2,1H3. The lowest BCUT2D eigenvalue weighted by molar-refractivity contribution is 0.0400. The molecule has 0 radical (unpaired) electrons. The minimum atomic E-state index is -0.151. The van der Waals surface area contributed by atoms with Gasteiger partial charge in [-0.15, -0.1) is 11.3 Å². The number of fused-ring (bicyclic) bond motifs is 1. The lowest BCUT2D eigenvalue weighted by Gasteiger charge is -2.42. The molecule has 4 nitrogen and oxygen atoms in total. The molecule has 1 aromatic heterocycles. The van der Waals surface area contributed by atoms with Crippen molar-refractivity contribution < 1.29 is 9.90 Å². The van der Waals surface area contributed by atoms with E-state index in [4.69, 9.17) is 5.11 Å². The summed E-state index contributed by atoms with van der Waals surface area (Å²) in [5, 5.41) is 8.72. The molecule has 0 aliphatic carbocycles. The van der Waals surface area contributed by atoms with E-state index in [2.05, 4.69) is 23.7 Å². The molecule has 2 saturated heterocycles. The van der Waals surface area contributed by atoms with Crippen LogP contribution in [0.25, 0.3) is 0 Å². The molecular formula is C16H20N2O2S. The van der Waals surface area contributed by atoms with Crippen molar-refractivity contribution in [3.8, 4) is 11.8 Å². The van der Waals surface area contributed by atoms with E-state index in [1.54, 1.807) is 0 Å². The van der Waals surface area contributed by atoms with Gasteiger partial charge in [0, 0.05) is 25.2 Å². The molecule has 0 saturated carbocycles. The first-order valence-corrected chi connectivity index (χ1v) is 8.25. The Kier molecular flexibility index (Phi) is 4.29. The summed E-state index contributed by atoms with van der Waals surface area (Å²) in [7, 11) is 0. The van der Waals surface area contributed by atoms with Gasteiger partial charge in [-0.2, -0.15) is 0 Å². The van der Waals surface area contributed by atoms with Crippen molar-refractivity contribution in [3.05, 3.63) is 21.9 Å². The van der Waals surface area contributed by atoms with Gasteiger partial charge in [-0.3, -0.25) is 9.69 Å². The molecule has 0 bridgehead atoms. The Balaban J connectivity index is 1.73. The van der Waals surface area contributed by atoms with E-state index >= 15 is 0 Å². The topological polar surface area (TPSA) is 43.8 Å². The number of carbonyl (C=O) groups is 1. The molecule has 0 spiro atoms. The van der Waals surface area contributed by atoms with Gasteiger partial charge < -0.3 is 10.0 Å². The maximum Gasteiger partial charge on any atom is 0.264 e. The summed E-state index contributed by atoms with van der Waals surface area (Å²) >= 11 is 1.41. The molecule has 0 aromatic carbocycles. The fourth-order valence-corrected chi connectivity index (χ4v) is 4.10. The largest absolute Gasteiger partial charge is 0.384 e. The van der Waals surface area contributed by atoms with E-state index in [0.29, 0.717) is 6.04 Å². The Morgan fingerprint density at radius 3 is 3.14 bits per heavy atom. The zero-order valence-corrected chi connectivity index (χ0v) is 13.0. The van der Waals surface area contributed by atoms with Crippen LogP contribution in [0.15, 0.2) is 12.1 Å². The molecule has 21 heavy (non-hydrogen) atoms. The summed E-state index contributed by atoms with van der Waals surface area (Å²) in [4.78, 5) is 18.8. The van der Waals surface area contributed by atoms with E-state index < -0.39 is 0 Å². The molecule has 2 unspecified atom stereocenters. The van der Waals surface area contributed by atoms with Crippen LogP contribution in [0.3, 0.4) is 0 Å². The maximum atomic E-state index is 12.7. The third-order valence-corrected chi connectivity index (χ3v) is 5.29. The number of carbonyl (C=O) groups excluding carboxylic acids is 1. The first-order chi connectivity index (χ1) is 10.2. The van der Waals surface area contributed by atoms with E-state index in [1.807, 2.05) is 17.0 Å². The molecule has 3 rings (SSSR count). The second-order valence-electron chi connectivity index (χ2n) is 5.72. The van der Waals surface area contributed by atoms with E-state index in [-0.39, 0.29) is 18.6 Å². The van der Waals surface area contributed by atoms with Crippen molar-refractivity contribution in [3.63, 3.8) is 0 Å². The van der Waals surface area contributed by atoms with Crippen molar-refractivity contribution in [1.29, 1.82) is 0 Å². The lowest BCUT2D eigenvalue weighted by Crippen LogP contribution is -2.56. The average molecular weight is 304 g/mol. The SMILES string of the molecule is CC1CN2CCCC2CN1C(=O)c1ccc(C#CCO)s1. The number of rotatable bonds is 1. The van der Waals surface area contributed by atoms with Gasteiger partial charge in [0.15, 0.2) is 0 Å². The highest BCUT2D eigenvalue weighted by molar-refractivity contribution is 7.14. The molecule has 2 aliphatic rings. The second kappa shape index (κ2) is 6.18. The van der Waals surface area contributed by atoms with E-state index in [1.165, 1.54) is 30.7 Å². The average Bonchev–Trinajstić information content (AvgIpc) is 3.12. The number of aliphatic hydroxyl groups excluding tert-OH is 1. The molecule has 2 atom stereocenters. The number of piperazine rings is 1. The first-order valence-electron chi connectivity index (χ1n) is 7.43. The third kappa shape index (κ3) is 2.98.